The molecule has 0 atom stereocenters. The number of nitrogens with zero attached hydrogens (tertiary/aromatic N) is 2. The summed E-state index contributed by atoms with van der Waals surface area (Å²) in [5.74, 6) is 0.170. The topological polar surface area (TPSA) is 45.2 Å². The van der Waals surface area contributed by atoms with E-state index in [4.69, 9.17) is 0 Å². The molecule has 0 radical (unpaired) electrons. The van der Waals surface area contributed by atoms with Crippen LogP contribution in [0.1, 0.15) is 34.6 Å². The van der Waals surface area contributed by atoms with Gasteiger partial charge in [0.2, 0.25) is 0 Å². The standard InChI is InChI=1S/C17H21N3OS2.2ClH/c1-12-14(23-15(19-12)13-3-2-10-22-13)16(21)20-8-5-17(6-9-20)4-7-18-11-17;;/h2-3,10,18H,4-9,11H2,1H3;2*1H. The summed E-state index contributed by atoms with van der Waals surface area (Å²) in [5, 5.41) is 6.49. The maximum absolute atomic E-state index is 12.9. The van der Waals surface area contributed by atoms with Crippen molar-refractivity contribution in [2.75, 3.05) is 26.2 Å². The predicted octanol–water partition coefficient (Wildman–Crippen LogP) is 4.24. The number of thiophene rings is 1. The number of rotatable bonds is 2. The monoisotopic (exact) mass is 419 g/mol. The molecule has 0 aliphatic carbocycles. The first-order chi connectivity index (χ1) is 11.2. The molecule has 2 saturated heterocycles. The van der Waals surface area contributed by atoms with E-state index in [2.05, 4.69) is 16.4 Å². The first kappa shape index (κ1) is 20.6. The van der Waals surface area contributed by atoms with Crippen LogP contribution in [0.15, 0.2) is 17.5 Å². The third-order valence-corrected chi connectivity index (χ3v) is 7.35. The summed E-state index contributed by atoms with van der Waals surface area (Å²) < 4.78 is 0. The Kier molecular flexibility index (Phi) is 6.90. The molecule has 1 amide bonds. The Labute approximate surface area is 168 Å². The molecular formula is C17H23Cl2N3OS2. The minimum atomic E-state index is 0. The molecule has 1 N–H and O–H groups in total. The minimum absolute atomic E-state index is 0. The van der Waals surface area contributed by atoms with Gasteiger partial charge in [-0.1, -0.05) is 6.07 Å². The summed E-state index contributed by atoms with van der Waals surface area (Å²) in [7, 11) is 0. The highest BCUT2D eigenvalue weighted by atomic mass is 35.5. The van der Waals surface area contributed by atoms with Crippen molar-refractivity contribution in [3.05, 3.63) is 28.1 Å². The number of aromatic nitrogens is 1. The Morgan fingerprint density at radius 3 is 2.64 bits per heavy atom. The second-order valence-corrected chi connectivity index (χ2v) is 8.58. The van der Waals surface area contributed by atoms with E-state index < -0.39 is 0 Å². The predicted molar refractivity (Wildman–Crippen MR) is 110 cm³/mol. The number of piperidine rings is 1. The Morgan fingerprint density at radius 1 is 1.28 bits per heavy atom. The normalized spacial score (nSPS) is 18.7. The van der Waals surface area contributed by atoms with Gasteiger partial charge >= 0.3 is 0 Å². The van der Waals surface area contributed by atoms with Crippen molar-refractivity contribution in [3.8, 4) is 9.88 Å². The van der Waals surface area contributed by atoms with Gasteiger partial charge in [-0.2, -0.15) is 0 Å². The SMILES string of the molecule is Cc1nc(-c2cccs2)sc1C(=O)N1CCC2(CCNC2)CC1.Cl.Cl. The molecule has 1 spiro atoms. The molecule has 0 unspecified atom stereocenters. The van der Waals surface area contributed by atoms with Crippen LogP contribution in [0.4, 0.5) is 0 Å². The molecular weight excluding hydrogens is 397 g/mol. The number of hydrogen-bond acceptors (Lipinski definition) is 5. The fourth-order valence-electron chi connectivity index (χ4n) is 3.65. The maximum atomic E-state index is 12.9. The van der Waals surface area contributed by atoms with Crippen LogP contribution in [0.5, 0.6) is 0 Å². The lowest BCUT2D eigenvalue weighted by atomic mass is 9.78. The zero-order valence-electron chi connectivity index (χ0n) is 14.1. The van der Waals surface area contributed by atoms with E-state index in [1.165, 1.54) is 17.8 Å². The van der Waals surface area contributed by atoms with Crippen LogP contribution in [-0.2, 0) is 0 Å². The van der Waals surface area contributed by atoms with Crippen LogP contribution in [0.3, 0.4) is 0 Å². The molecule has 2 aromatic heterocycles. The van der Waals surface area contributed by atoms with Gasteiger partial charge in [-0.25, -0.2) is 4.98 Å². The number of carbonyl (C=O) groups is 1. The fraction of sp³-hybridized carbons (Fsp3) is 0.529. The van der Waals surface area contributed by atoms with E-state index in [1.807, 2.05) is 23.3 Å². The van der Waals surface area contributed by atoms with Crippen LogP contribution in [-0.4, -0.2) is 42.0 Å². The Hall–Kier alpha value is -0.660. The highest BCUT2D eigenvalue weighted by Crippen LogP contribution is 2.38. The van der Waals surface area contributed by atoms with Crippen molar-refractivity contribution in [1.29, 1.82) is 0 Å². The zero-order chi connectivity index (χ0) is 15.9. The summed E-state index contributed by atoms with van der Waals surface area (Å²) in [5.41, 5.74) is 1.31. The highest BCUT2D eigenvalue weighted by molar-refractivity contribution is 7.22. The molecule has 2 fully saturated rings. The van der Waals surface area contributed by atoms with Crippen molar-refractivity contribution >= 4 is 53.4 Å². The molecule has 4 nitrogen and oxygen atoms in total. The number of amides is 1. The lowest BCUT2D eigenvalue weighted by Crippen LogP contribution is -2.44. The van der Waals surface area contributed by atoms with E-state index in [0.717, 1.165) is 59.5 Å². The quantitative estimate of drug-likeness (QED) is 0.791. The van der Waals surface area contributed by atoms with E-state index in [0.29, 0.717) is 5.41 Å². The van der Waals surface area contributed by atoms with Crippen LogP contribution in [0.2, 0.25) is 0 Å². The van der Waals surface area contributed by atoms with Gasteiger partial charge in [0.05, 0.1) is 10.6 Å². The van der Waals surface area contributed by atoms with Gasteiger partial charge in [-0.05, 0) is 49.6 Å². The van der Waals surface area contributed by atoms with Crippen molar-refractivity contribution in [2.45, 2.75) is 26.2 Å². The molecule has 8 heteroatoms. The molecule has 2 aromatic rings. The van der Waals surface area contributed by atoms with Gasteiger partial charge in [-0.15, -0.1) is 47.5 Å². The summed E-state index contributed by atoms with van der Waals surface area (Å²) in [6, 6.07) is 4.09. The Balaban J connectivity index is 0.00000113. The lowest BCUT2D eigenvalue weighted by Gasteiger charge is -2.38. The van der Waals surface area contributed by atoms with Gasteiger partial charge in [0.25, 0.3) is 5.91 Å². The lowest BCUT2D eigenvalue weighted by molar-refractivity contribution is 0.0611. The van der Waals surface area contributed by atoms with Gasteiger partial charge in [0.15, 0.2) is 0 Å². The van der Waals surface area contributed by atoms with Crippen LogP contribution >= 0.6 is 47.5 Å². The molecule has 138 valence electrons. The zero-order valence-corrected chi connectivity index (χ0v) is 17.4. The molecule has 0 bridgehead atoms. The molecule has 2 aliphatic rings. The number of nitrogens with one attached hydrogen (secondary N) is 1. The fourth-order valence-corrected chi connectivity index (χ4v) is 5.48. The first-order valence-electron chi connectivity index (χ1n) is 8.18. The number of thiazole rings is 1. The average Bonchev–Trinajstić information content (AvgIpc) is 3.28. The third-order valence-electron chi connectivity index (χ3n) is 5.17. The maximum Gasteiger partial charge on any atom is 0.265 e. The average molecular weight is 420 g/mol. The van der Waals surface area contributed by atoms with E-state index in [1.54, 1.807) is 11.3 Å². The van der Waals surface area contributed by atoms with Crippen molar-refractivity contribution in [1.82, 2.24) is 15.2 Å². The van der Waals surface area contributed by atoms with E-state index in [9.17, 15) is 4.79 Å². The number of carbonyl (C=O) groups excluding carboxylic acids is 1. The van der Waals surface area contributed by atoms with Crippen LogP contribution in [0.25, 0.3) is 9.88 Å². The number of aryl methyl sites for hydroxylation is 1. The largest absolute Gasteiger partial charge is 0.338 e. The highest BCUT2D eigenvalue weighted by Gasteiger charge is 2.38. The second kappa shape index (κ2) is 8.35. The third kappa shape index (κ3) is 4.03. The molecule has 25 heavy (non-hydrogen) atoms. The van der Waals surface area contributed by atoms with Crippen LogP contribution in [0, 0.1) is 12.3 Å². The number of halogens is 2. The van der Waals surface area contributed by atoms with Gasteiger partial charge in [-0.3, -0.25) is 4.79 Å². The first-order valence-corrected chi connectivity index (χ1v) is 9.88. The number of likely N-dealkylation sites (tertiary alicyclic amines) is 1. The summed E-state index contributed by atoms with van der Waals surface area (Å²) in [6.45, 7) is 5.97. The van der Waals surface area contributed by atoms with Crippen molar-refractivity contribution in [3.63, 3.8) is 0 Å². The van der Waals surface area contributed by atoms with Crippen molar-refractivity contribution < 1.29 is 4.79 Å². The molecule has 2 aliphatic heterocycles. The second-order valence-electron chi connectivity index (χ2n) is 6.63. The molecule has 0 aromatic carbocycles. The summed E-state index contributed by atoms with van der Waals surface area (Å²) >= 11 is 3.21. The van der Waals surface area contributed by atoms with Crippen LogP contribution < -0.4 is 5.32 Å². The molecule has 4 heterocycles. The Morgan fingerprint density at radius 2 is 2.04 bits per heavy atom. The Bertz CT molecular complexity index is 702. The van der Waals surface area contributed by atoms with Crippen molar-refractivity contribution in [2.24, 2.45) is 5.41 Å². The number of hydrogen-bond donors (Lipinski definition) is 1. The smallest absolute Gasteiger partial charge is 0.265 e. The molecule has 4 rings (SSSR count). The van der Waals surface area contributed by atoms with Gasteiger partial charge < -0.3 is 10.2 Å². The minimum Gasteiger partial charge on any atom is -0.338 e. The summed E-state index contributed by atoms with van der Waals surface area (Å²) in [6.07, 6.45) is 3.51. The van der Waals surface area contributed by atoms with Gasteiger partial charge in [0.1, 0.15) is 9.88 Å². The van der Waals surface area contributed by atoms with E-state index in [-0.39, 0.29) is 30.7 Å². The van der Waals surface area contributed by atoms with E-state index >= 15 is 0 Å². The summed E-state index contributed by atoms with van der Waals surface area (Å²) in [4.78, 5) is 21.5. The molecule has 0 saturated carbocycles. The van der Waals surface area contributed by atoms with Gasteiger partial charge in [0, 0.05) is 19.6 Å².